The van der Waals surface area contributed by atoms with Crippen molar-refractivity contribution in [2.75, 3.05) is 6.61 Å². The van der Waals surface area contributed by atoms with Crippen molar-refractivity contribution in [3.8, 4) is 0 Å². The molecule has 0 saturated heterocycles. The molecule has 0 unspecified atom stereocenters. The first-order valence-corrected chi connectivity index (χ1v) is 12.2. The zero-order chi connectivity index (χ0) is 20.3. The summed E-state index contributed by atoms with van der Waals surface area (Å²) in [7, 11) is 0. The Morgan fingerprint density at radius 2 is 1.55 bits per heavy atom. The van der Waals surface area contributed by atoms with E-state index >= 15 is 0 Å². The molecule has 29 heavy (non-hydrogen) atoms. The van der Waals surface area contributed by atoms with Gasteiger partial charge in [0.05, 0.1) is 13.2 Å². The summed E-state index contributed by atoms with van der Waals surface area (Å²) >= 11 is 0. The maximum Gasteiger partial charge on any atom is 0.0717 e. The molecule has 1 nitrogen and oxygen atoms in total. The van der Waals surface area contributed by atoms with Crippen LogP contribution in [0.5, 0.6) is 0 Å². The molecule has 0 spiro atoms. The lowest BCUT2D eigenvalue weighted by Gasteiger charge is -2.38. The fourth-order valence-electron chi connectivity index (χ4n) is 5.52. The lowest BCUT2D eigenvalue weighted by Crippen LogP contribution is -2.25. The lowest BCUT2D eigenvalue weighted by atomic mass is 9.68. The molecule has 3 rings (SSSR count). The van der Waals surface area contributed by atoms with Crippen LogP contribution in [-0.2, 0) is 11.3 Å². The predicted octanol–water partition coefficient (Wildman–Crippen LogP) is 8.22. The summed E-state index contributed by atoms with van der Waals surface area (Å²) in [5, 5.41) is 0. The second kappa shape index (κ2) is 12.4. The minimum absolute atomic E-state index is 0.720. The van der Waals surface area contributed by atoms with Crippen molar-refractivity contribution in [2.24, 2.45) is 17.8 Å². The van der Waals surface area contributed by atoms with Crippen molar-refractivity contribution in [2.45, 2.75) is 90.1 Å². The average molecular weight is 395 g/mol. The molecule has 0 heterocycles. The molecular formula is C28H42O. The minimum atomic E-state index is 0.720. The Hall–Kier alpha value is -1.34. The van der Waals surface area contributed by atoms with Crippen molar-refractivity contribution in [1.82, 2.24) is 0 Å². The Labute approximate surface area is 179 Å². The smallest absolute Gasteiger partial charge is 0.0717 e. The summed E-state index contributed by atoms with van der Waals surface area (Å²) in [5.41, 5.74) is 2.83. The maximum absolute atomic E-state index is 5.69. The van der Waals surface area contributed by atoms with Gasteiger partial charge in [-0.1, -0.05) is 49.4 Å². The molecule has 160 valence electrons. The first-order chi connectivity index (χ1) is 14.3. The van der Waals surface area contributed by atoms with Gasteiger partial charge >= 0.3 is 0 Å². The van der Waals surface area contributed by atoms with E-state index < -0.39 is 0 Å². The molecule has 2 saturated carbocycles. The molecular weight excluding hydrogens is 352 g/mol. The van der Waals surface area contributed by atoms with Crippen molar-refractivity contribution in [3.63, 3.8) is 0 Å². The molecule has 2 aliphatic carbocycles. The monoisotopic (exact) mass is 394 g/mol. The fraction of sp³-hybridized carbons (Fsp3) is 0.643. The van der Waals surface area contributed by atoms with E-state index in [4.69, 9.17) is 4.74 Å². The van der Waals surface area contributed by atoms with Gasteiger partial charge < -0.3 is 4.74 Å². The highest BCUT2D eigenvalue weighted by molar-refractivity contribution is 5.25. The highest BCUT2D eigenvalue weighted by Crippen LogP contribution is 2.44. The van der Waals surface area contributed by atoms with E-state index in [-0.39, 0.29) is 0 Å². The number of benzene rings is 1. The second-order valence-corrected chi connectivity index (χ2v) is 9.38. The summed E-state index contributed by atoms with van der Waals surface area (Å²) in [5.74, 6) is 3.75. The molecule has 0 bridgehead atoms. The van der Waals surface area contributed by atoms with Crippen LogP contribution in [0.3, 0.4) is 0 Å². The predicted molar refractivity (Wildman–Crippen MR) is 125 cm³/mol. The van der Waals surface area contributed by atoms with Gasteiger partial charge in [-0.05, 0) is 105 Å². The van der Waals surface area contributed by atoms with Crippen LogP contribution >= 0.6 is 0 Å². The molecule has 1 heteroatoms. The third kappa shape index (κ3) is 7.14. The van der Waals surface area contributed by atoms with E-state index in [1.807, 2.05) is 6.08 Å². The van der Waals surface area contributed by atoms with Crippen molar-refractivity contribution in [3.05, 3.63) is 60.2 Å². The largest absolute Gasteiger partial charge is 0.376 e. The second-order valence-electron chi connectivity index (χ2n) is 9.38. The molecule has 1 aromatic carbocycles. The first-order valence-electron chi connectivity index (χ1n) is 12.2. The molecule has 0 N–H and O–H groups in total. The number of rotatable bonds is 10. The Kier molecular flexibility index (Phi) is 9.54. The molecule has 0 aromatic heterocycles. The van der Waals surface area contributed by atoms with Crippen LogP contribution in [0.25, 0.3) is 0 Å². The van der Waals surface area contributed by atoms with Gasteiger partial charge in [0.15, 0.2) is 0 Å². The van der Waals surface area contributed by atoms with E-state index in [0.717, 1.165) is 43.3 Å². The van der Waals surface area contributed by atoms with Crippen LogP contribution in [0, 0.1) is 17.8 Å². The van der Waals surface area contributed by atoms with E-state index in [1.54, 1.807) is 5.56 Å². The molecule has 0 amide bonds. The van der Waals surface area contributed by atoms with Crippen LogP contribution in [-0.4, -0.2) is 6.61 Å². The van der Waals surface area contributed by atoms with Gasteiger partial charge in [-0.2, -0.15) is 0 Å². The zero-order valence-electron chi connectivity index (χ0n) is 18.7. The quantitative estimate of drug-likeness (QED) is 0.287. The Morgan fingerprint density at radius 3 is 2.17 bits per heavy atom. The minimum Gasteiger partial charge on any atom is -0.376 e. The first kappa shape index (κ1) is 22.3. The molecule has 0 radical (unpaired) electrons. The van der Waals surface area contributed by atoms with E-state index in [9.17, 15) is 0 Å². The third-order valence-electron chi connectivity index (χ3n) is 7.39. The van der Waals surface area contributed by atoms with E-state index in [1.165, 1.54) is 69.8 Å². The Balaban J connectivity index is 1.38. The normalized spacial score (nSPS) is 27.9. The SMILES string of the molecule is C=CCCOCc1ccc([C@H]2CC[C@H]([C@H]3CC[C@H](CC=CCC)CC3)CC2)cc1. The van der Waals surface area contributed by atoms with Gasteiger partial charge in [0, 0.05) is 0 Å². The summed E-state index contributed by atoms with van der Waals surface area (Å²) in [4.78, 5) is 0. The van der Waals surface area contributed by atoms with Gasteiger partial charge in [0.1, 0.15) is 0 Å². The van der Waals surface area contributed by atoms with Crippen LogP contribution in [0.2, 0.25) is 0 Å². The molecule has 2 fully saturated rings. The highest BCUT2D eigenvalue weighted by Gasteiger charge is 2.30. The van der Waals surface area contributed by atoms with Crippen LogP contribution < -0.4 is 0 Å². The van der Waals surface area contributed by atoms with Gasteiger partial charge in [-0.3, -0.25) is 0 Å². The van der Waals surface area contributed by atoms with Crippen LogP contribution in [0.1, 0.15) is 94.6 Å². The van der Waals surface area contributed by atoms with Crippen molar-refractivity contribution >= 4 is 0 Å². The van der Waals surface area contributed by atoms with E-state index in [2.05, 4.69) is 49.9 Å². The number of hydrogen-bond acceptors (Lipinski definition) is 1. The van der Waals surface area contributed by atoms with Crippen molar-refractivity contribution in [1.29, 1.82) is 0 Å². The van der Waals surface area contributed by atoms with Crippen LogP contribution in [0.4, 0.5) is 0 Å². The van der Waals surface area contributed by atoms with Gasteiger partial charge in [0.25, 0.3) is 0 Å². The lowest BCUT2D eigenvalue weighted by molar-refractivity contribution is 0.125. The maximum atomic E-state index is 5.69. The van der Waals surface area contributed by atoms with Gasteiger partial charge in [-0.15, -0.1) is 6.58 Å². The van der Waals surface area contributed by atoms with Crippen molar-refractivity contribution < 1.29 is 4.74 Å². The molecule has 2 aliphatic rings. The standard InChI is InChI=1S/C28H42O/c1-3-5-7-8-23-9-13-25(14-10-23)27-17-19-28(20-18-27)26-15-11-24(12-16-26)22-29-21-6-4-2/h4-5,7,11-12,15-16,23,25,27-28H,2-3,6,8-10,13-14,17-22H2,1H3/t23-,25-,27-,28-. The average Bonchev–Trinajstić information content (AvgIpc) is 2.78. The number of allylic oxidation sites excluding steroid dienone is 2. The van der Waals surface area contributed by atoms with E-state index in [0.29, 0.717) is 0 Å². The highest BCUT2D eigenvalue weighted by atomic mass is 16.5. The number of hydrogen-bond donors (Lipinski definition) is 0. The summed E-state index contributed by atoms with van der Waals surface area (Å²) in [6.07, 6.45) is 21.7. The zero-order valence-corrected chi connectivity index (χ0v) is 18.7. The third-order valence-corrected chi connectivity index (χ3v) is 7.39. The summed E-state index contributed by atoms with van der Waals surface area (Å²) < 4.78 is 5.69. The summed E-state index contributed by atoms with van der Waals surface area (Å²) in [6, 6.07) is 9.24. The molecule has 1 aromatic rings. The Bertz CT molecular complexity index is 598. The van der Waals surface area contributed by atoms with Crippen LogP contribution in [0.15, 0.2) is 49.1 Å². The summed E-state index contributed by atoms with van der Waals surface area (Å²) in [6.45, 7) is 7.46. The molecule has 0 aliphatic heterocycles. The van der Waals surface area contributed by atoms with Gasteiger partial charge in [0.2, 0.25) is 0 Å². The molecule has 0 atom stereocenters. The number of ether oxygens (including phenoxy) is 1. The fourth-order valence-corrected chi connectivity index (χ4v) is 5.52. The Morgan fingerprint density at radius 1 is 0.897 bits per heavy atom. The topological polar surface area (TPSA) is 9.23 Å². The van der Waals surface area contributed by atoms with Gasteiger partial charge in [-0.25, -0.2) is 0 Å².